The summed E-state index contributed by atoms with van der Waals surface area (Å²) in [6.07, 6.45) is 7.48. The summed E-state index contributed by atoms with van der Waals surface area (Å²) >= 11 is 0. The van der Waals surface area contributed by atoms with Crippen LogP contribution in [0.25, 0.3) is 0 Å². The lowest BCUT2D eigenvalue weighted by molar-refractivity contribution is -0.136. The summed E-state index contributed by atoms with van der Waals surface area (Å²) in [6.45, 7) is 0.434. The summed E-state index contributed by atoms with van der Waals surface area (Å²) in [5.41, 5.74) is 0.674. The predicted molar refractivity (Wildman–Crippen MR) is 110 cm³/mol. The lowest BCUT2D eigenvalue weighted by atomic mass is 9.96. The standard InChI is InChI=1S/C21H27N5O3/c1-25(2)21(9-4-5-10-21)14-23-19(28)20(29)24-16-8-6-7-15(13-16)17(27)18-22-11-12-26(18)3/h6-8,11-13H,4-5,9-10,14H2,1-3H3,(H,23,28)(H,24,29). The van der Waals surface area contributed by atoms with Gasteiger partial charge in [-0.2, -0.15) is 0 Å². The molecule has 0 spiro atoms. The van der Waals surface area contributed by atoms with Crippen LogP contribution in [-0.2, 0) is 16.6 Å². The Kier molecular flexibility index (Phi) is 6.12. The minimum atomic E-state index is -0.751. The third-order valence-corrected chi connectivity index (χ3v) is 5.67. The monoisotopic (exact) mass is 397 g/mol. The van der Waals surface area contributed by atoms with Crippen molar-refractivity contribution in [3.8, 4) is 0 Å². The molecule has 0 bridgehead atoms. The van der Waals surface area contributed by atoms with Crippen LogP contribution in [-0.4, -0.2) is 58.2 Å². The van der Waals surface area contributed by atoms with Crippen LogP contribution in [0.3, 0.4) is 0 Å². The van der Waals surface area contributed by atoms with Crippen LogP contribution in [0.15, 0.2) is 36.7 Å². The van der Waals surface area contributed by atoms with Crippen LogP contribution in [0.1, 0.15) is 41.9 Å². The second kappa shape index (κ2) is 8.57. The van der Waals surface area contributed by atoms with Crippen molar-refractivity contribution in [1.82, 2.24) is 19.8 Å². The molecule has 1 aromatic carbocycles. The largest absolute Gasteiger partial charge is 0.346 e. The number of rotatable bonds is 6. The van der Waals surface area contributed by atoms with Crippen molar-refractivity contribution in [2.75, 3.05) is 26.0 Å². The lowest BCUT2D eigenvalue weighted by Gasteiger charge is -2.36. The van der Waals surface area contributed by atoms with Crippen molar-refractivity contribution < 1.29 is 14.4 Å². The van der Waals surface area contributed by atoms with Gasteiger partial charge in [-0.25, -0.2) is 4.98 Å². The number of amides is 2. The zero-order valence-electron chi connectivity index (χ0n) is 17.1. The Bertz CT molecular complexity index is 913. The van der Waals surface area contributed by atoms with E-state index < -0.39 is 11.8 Å². The van der Waals surface area contributed by atoms with E-state index in [1.54, 1.807) is 48.3 Å². The molecular weight excluding hydrogens is 370 g/mol. The number of nitrogens with zero attached hydrogens (tertiary/aromatic N) is 3. The number of imidazole rings is 1. The number of anilines is 1. The lowest BCUT2D eigenvalue weighted by Crippen LogP contribution is -2.52. The molecule has 29 heavy (non-hydrogen) atoms. The highest BCUT2D eigenvalue weighted by molar-refractivity contribution is 6.39. The fourth-order valence-corrected chi connectivity index (χ4v) is 3.78. The van der Waals surface area contributed by atoms with Crippen LogP contribution in [0.5, 0.6) is 0 Å². The molecule has 0 unspecified atom stereocenters. The Hall–Kier alpha value is -3.00. The van der Waals surface area contributed by atoms with Gasteiger partial charge in [0.25, 0.3) is 0 Å². The van der Waals surface area contributed by atoms with Crippen LogP contribution < -0.4 is 10.6 Å². The number of carbonyl (C=O) groups excluding carboxylic acids is 3. The second-order valence-corrected chi connectivity index (χ2v) is 7.73. The predicted octanol–water partition coefficient (Wildman–Crippen LogP) is 1.58. The first-order valence-electron chi connectivity index (χ1n) is 9.71. The van der Waals surface area contributed by atoms with E-state index in [1.165, 1.54) is 0 Å². The third-order valence-electron chi connectivity index (χ3n) is 5.67. The number of carbonyl (C=O) groups is 3. The van der Waals surface area contributed by atoms with Crippen LogP contribution >= 0.6 is 0 Å². The molecule has 0 aliphatic heterocycles. The minimum absolute atomic E-state index is 0.0929. The van der Waals surface area contributed by atoms with E-state index >= 15 is 0 Å². The van der Waals surface area contributed by atoms with Gasteiger partial charge in [0.1, 0.15) is 0 Å². The average Bonchev–Trinajstić information content (AvgIpc) is 3.35. The molecule has 1 saturated carbocycles. The highest BCUT2D eigenvalue weighted by Crippen LogP contribution is 2.33. The number of hydrogen-bond acceptors (Lipinski definition) is 5. The van der Waals surface area contributed by atoms with Crippen molar-refractivity contribution in [2.24, 2.45) is 7.05 Å². The molecule has 2 aromatic rings. The van der Waals surface area contributed by atoms with Crippen molar-refractivity contribution in [3.63, 3.8) is 0 Å². The topological polar surface area (TPSA) is 96.3 Å². The fraction of sp³-hybridized carbons (Fsp3) is 0.429. The summed E-state index contributed by atoms with van der Waals surface area (Å²) in [6, 6.07) is 6.48. The van der Waals surface area contributed by atoms with Gasteiger partial charge in [0, 0.05) is 42.8 Å². The number of aromatic nitrogens is 2. The molecular formula is C21H27N5O3. The number of ketones is 1. The van der Waals surface area contributed by atoms with Crippen LogP contribution in [0, 0.1) is 0 Å². The van der Waals surface area contributed by atoms with E-state index in [0.717, 1.165) is 25.7 Å². The Morgan fingerprint density at radius 2 is 1.90 bits per heavy atom. The van der Waals surface area contributed by atoms with Gasteiger partial charge in [-0.15, -0.1) is 0 Å². The Morgan fingerprint density at radius 3 is 2.52 bits per heavy atom. The van der Waals surface area contributed by atoms with E-state index in [2.05, 4.69) is 20.5 Å². The van der Waals surface area contributed by atoms with E-state index in [9.17, 15) is 14.4 Å². The Balaban J connectivity index is 1.62. The fourth-order valence-electron chi connectivity index (χ4n) is 3.78. The molecule has 3 rings (SSSR count). The maximum Gasteiger partial charge on any atom is 0.313 e. The maximum atomic E-state index is 12.6. The Morgan fingerprint density at radius 1 is 1.17 bits per heavy atom. The smallest absolute Gasteiger partial charge is 0.313 e. The molecule has 0 saturated heterocycles. The van der Waals surface area contributed by atoms with E-state index in [1.807, 2.05) is 14.1 Å². The maximum absolute atomic E-state index is 12.6. The zero-order chi connectivity index (χ0) is 21.0. The number of likely N-dealkylation sites (N-methyl/N-ethyl adjacent to an activating group) is 1. The van der Waals surface area contributed by atoms with Gasteiger partial charge in [0.15, 0.2) is 5.82 Å². The van der Waals surface area contributed by atoms with Gasteiger partial charge >= 0.3 is 11.8 Å². The van der Waals surface area contributed by atoms with Crippen molar-refractivity contribution in [3.05, 3.63) is 48.0 Å². The number of hydrogen-bond donors (Lipinski definition) is 2. The summed E-state index contributed by atoms with van der Waals surface area (Å²) in [7, 11) is 5.74. The van der Waals surface area contributed by atoms with Crippen molar-refractivity contribution >= 4 is 23.3 Å². The van der Waals surface area contributed by atoms with Gasteiger partial charge in [-0.3, -0.25) is 14.4 Å². The van der Waals surface area contributed by atoms with Crippen molar-refractivity contribution in [2.45, 2.75) is 31.2 Å². The number of benzene rings is 1. The van der Waals surface area contributed by atoms with E-state index in [0.29, 0.717) is 23.6 Å². The van der Waals surface area contributed by atoms with E-state index in [4.69, 9.17) is 0 Å². The summed E-state index contributed by atoms with van der Waals surface area (Å²) in [5.74, 6) is -1.39. The molecule has 2 amide bonds. The first-order valence-corrected chi connectivity index (χ1v) is 9.71. The van der Waals surface area contributed by atoms with Gasteiger partial charge in [0.2, 0.25) is 5.78 Å². The molecule has 8 nitrogen and oxygen atoms in total. The third kappa shape index (κ3) is 4.54. The summed E-state index contributed by atoms with van der Waals surface area (Å²) in [4.78, 5) is 43.4. The first-order chi connectivity index (χ1) is 13.8. The molecule has 8 heteroatoms. The average molecular weight is 397 g/mol. The molecule has 1 aliphatic rings. The van der Waals surface area contributed by atoms with Gasteiger partial charge < -0.3 is 20.1 Å². The van der Waals surface area contributed by atoms with Gasteiger partial charge in [-0.1, -0.05) is 25.0 Å². The number of nitrogens with one attached hydrogen (secondary N) is 2. The van der Waals surface area contributed by atoms with Crippen molar-refractivity contribution in [1.29, 1.82) is 0 Å². The molecule has 1 aliphatic carbocycles. The highest BCUT2D eigenvalue weighted by Gasteiger charge is 2.36. The van der Waals surface area contributed by atoms with Crippen LogP contribution in [0.2, 0.25) is 0 Å². The first kappa shape index (κ1) is 20.7. The molecule has 154 valence electrons. The number of aryl methyl sites for hydroxylation is 1. The second-order valence-electron chi connectivity index (χ2n) is 7.73. The van der Waals surface area contributed by atoms with Crippen LogP contribution in [0.4, 0.5) is 5.69 Å². The van der Waals surface area contributed by atoms with Gasteiger partial charge in [0.05, 0.1) is 0 Å². The molecule has 1 fully saturated rings. The highest BCUT2D eigenvalue weighted by atomic mass is 16.2. The molecule has 0 radical (unpaired) electrons. The zero-order valence-corrected chi connectivity index (χ0v) is 17.1. The molecule has 1 heterocycles. The van der Waals surface area contributed by atoms with Gasteiger partial charge in [-0.05, 0) is 39.1 Å². The SMILES string of the molecule is CN(C)C1(CNC(=O)C(=O)Nc2cccc(C(=O)c3nccn3C)c2)CCCC1. The summed E-state index contributed by atoms with van der Waals surface area (Å²) in [5, 5.41) is 5.33. The normalized spacial score (nSPS) is 15.3. The van der Waals surface area contributed by atoms with E-state index in [-0.39, 0.29) is 11.3 Å². The minimum Gasteiger partial charge on any atom is -0.346 e. The Labute approximate surface area is 170 Å². The molecule has 2 N–H and O–H groups in total. The molecule has 0 atom stereocenters. The quantitative estimate of drug-likeness (QED) is 0.570. The molecule has 1 aromatic heterocycles. The summed E-state index contributed by atoms with van der Waals surface area (Å²) < 4.78 is 1.63.